The van der Waals surface area contributed by atoms with Crippen LogP contribution in [0, 0.1) is 0 Å². The summed E-state index contributed by atoms with van der Waals surface area (Å²) in [6, 6.07) is 14.9. The Morgan fingerprint density at radius 1 is 0.875 bits per heavy atom. The van der Waals surface area contributed by atoms with Gasteiger partial charge in [0.25, 0.3) is 5.91 Å². The molecule has 0 saturated carbocycles. The van der Waals surface area contributed by atoms with E-state index in [9.17, 15) is 19.2 Å². The van der Waals surface area contributed by atoms with Gasteiger partial charge in [0.1, 0.15) is 6.04 Å². The fourth-order valence-corrected chi connectivity index (χ4v) is 2.97. The van der Waals surface area contributed by atoms with E-state index in [1.807, 2.05) is 30.3 Å². The summed E-state index contributed by atoms with van der Waals surface area (Å²) in [6.45, 7) is 0.260. The summed E-state index contributed by atoms with van der Waals surface area (Å²) in [5, 5.41) is 8.43. The highest BCUT2D eigenvalue weighted by Gasteiger charge is 2.21. The van der Waals surface area contributed by atoms with Gasteiger partial charge in [0.15, 0.2) is 0 Å². The lowest BCUT2D eigenvalue weighted by Crippen LogP contribution is -2.44. The Morgan fingerprint density at radius 2 is 1.50 bits per heavy atom. The van der Waals surface area contributed by atoms with Crippen LogP contribution in [0.3, 0.4) is 0 Å². The number of ether oxygens (including phenoxy) is 1. The normalized spacial score (nSPS) is 11.2. The number of methoxy groups -OCH3 is 1. The van der Waals surface area contributed by atoms with Gasteiger partial charge in [-0.1, -0.05) is 41.9 Å². The van der Waals surface area contributed by atoms with Crippen molar-refractivity contribution in [2.24, 2.45) is 0 Å². The van der Waals surface area contributed by atoms with E-state index in [1.54, 1.807) is 24.3 Å². The minimum absolute atomic E-state index is 0.00512. The predicted octanol–water partition coefficient (Wildman–Crippen LogP) is 1.87. The molecule has 9 heteroatoms. The third kappa shape index (κ3) is 8.77. The van der Waals surface area contributed by atoms with Crippen molar-refractivity contribution in [3.8, 4) is 0 Å². The van der Waals surface area contributed by atoms with Crippen LogP contribution in [0.25, 0.3) is 0 Å². The maximum absolute atomic E-state index is 12.2. The summed E-state index contributed by atoms with van der Waals surface area (Å²) in [6.07, 6.45) is 0.379. The zero-order valence-corrected chi connectivity index (χ0v) is 18.5. The molecule has 0 aliphatic rings. The Bertz CT molecular complexity index is 919. The zero-order valence-electron chi connectivity index (χ0n) is 17.7. The molecule has 2 aromatic carbocycles. The Labute approximate surface area is 191 Å². The molecule has 0 bridgehead atoms. The molecule has 0 radical (unpaired) electrons. The number of carbonyl (C=O) groups excluding carboxylic acids is 4. The van der Waals surface area contributed by atoms with Gasteiger partial charge in [0.2, 0.25) is 11.8 Å². The molecule has 3 N–H and O–H groups in total. The summed E-state index contributed by atoms with van der Waals surface area (Å²) >= 11 is 5.78. The van der Waals surface area contributed by atoms with Crippen LogP contribution in [0.15, 0.2) is 54.6 Å². The molecule has 3 amide bonds. The van der Waals surface area contributed by atoms with E-state index in [1.165, 1.54) is 7.11 Å². The molecule has 0 fully saturated rings. The Kier molecular flexibility index (Phi) is 10.2. The third-order valence-electron chi connectivity index (χ3n) is 4.52. The summed E-state index contributed by atoms with van der Waals surface area (Å²) in [7, 11) is 1.26. The molecule has 2 aromatic rings. The van der Waals surface area contributed by atoms with Crippen LogP contribution in [-0.4, -0.2) is 49.9 Å². The highest BCUT2D eigenvalue weighted by molar-refractivity contribution is 6.30. The van der Waals surface area contributed by atoms with Gasteiger partial charge < -0.3 is 20.7 Å². The van der Waals surface area contributed by atoms with E-state index in [-0.39, 0.29) is 43.7 Å². The lowest BCUT2D eigenvalue weighted by atomic mass is 10.1. The summed E-state index contributed by atoms with van der Waals surface area (Å²) in [4.78, 5) is 48.1. The number of carbonyl (C=O) groups is 4. The van der Waals surface area contributed by atoms with Crippen LogP contribution in [0.4, 0.5) is 0 Å². The maximum Gasteiger partial charge on any atom is 0.328 e. The monoisotopic (exact) mass is 459 g/mol. The minimum atomic E-state index is -0.811. The van der Waals surface area contributed by atoms with Crippen molar-refractivity contribution in [2.45, 2.75) is 25.3 Å². The molecule has 0 spiro atoms. The lowest BCUT2D eigenvalue weighted by molar-refractivity contribution is -0.145. The van der Waals surface area contributed by atoms with Crippen LogP contribution in [0.5, 0.6) is 0 Å². The molecule has 170 valence electrons. The van der Waals surface area contributed by atoms with Gasteiger partial charge in [-0.25, -0.2) is 4.79 Å². The van der Waals surface area contributed by atoms with Crippen LogP contribution in [-0.2, 0) is 25.5 Å². The van der Waals surface area contributed by atoms with Gasteiger partial charge in [-0.2, -0.15) is 0 Å². The predicted molar refractivity (Wildman–Crippen MR) is 120 cm³/mol. The average molecular weight is 460 g/mol. The van der Waals surface area contributed by atoms with E-state index in [4.69, 9.17) is 16.3 Å². The second kappa shape index (κ2) is 13.1. The number of esters is 1. The van der Waals surface area contributed by atoms with E-state index in [0.29, 0.717) is 17.0 Å². The first-order valence-corrected chi connectivity index (χ1v) is 10.5. The highest BCUT2D eigenvalue weighted by atomic mass is 35.5. The van der Waals surface area contributed by atoms with Gasteiger partial charge >= 0.3 is 5.97 Å². The van der Waals surface area contributed by atoms with Crippen molar-refractivity contribution in [1.29, 1.82) is 0 Å². The molecule has 0 aliphatic carbocycles. The average Bonchev–Trinajstić information content (AvgIpc) is 2.79. The van der Waals surface area contributed by atoms with Crippen molar-refractivity contribution in [3.63, 3.8) is 0 Å². The van der Waals surface area contributed by atoms with Gasteiger partial charge in [0, 0.05) is 42.9 Å². The molecule has 32 heavy (non-hydrogen) atoms. The second-order valence-corrected chi connectivity index (χ2v) is 7.38. The first-order chi connectivity index (χ1) is 15.4. The van der Waals surface area contributed by atoms with Crippen molar-refractivity contribution in [3.05, 3.63) is 70.7 Å². The summed E-state index contributed by atoms with van der Waals surface area (Å²) in [5.41, 5.74) is 1.33. The smallest absolute Gasteiger partial charge is 0.328 e. The first kappa shape index (κ1) is 24.9. The maximum atomic E-state index is 12.2. The van der Waals surface area contributed by atoms with Crippen LogP contribution >= 0.6 is 11.6 Å². The molecule has 0 saturated heterocycles. The third-order valence-corrected chi connectivity index (χ3v) is 4.77. The molecule has 2 rings (SSSR count). The molecular weight excluding hydrogens is 434 g/mol. The molecular formula is C23H26ClN3O5. The van der Waals surface area contributed by atoms with Crippen molar-refractivity contribution in [2.75, 3.05) is 20.2 Å². The SMILES string of the molecule is COC(=O)C(Cc1ccccc1)NC(=O)CCNC(=O)CCNC(=O)c1ccc(Cl)cc1. The van der Waals surface area contributed by atoms with Crippen molar-refractivity contribution in [1.82, 2.24) is 16.0 Å². The minimum Gasteiger partial charge on any atom is -0.467 e. The molecule has 1 atom stereocenters. The fourth-order valence-electron chi connectivity index (χ4n) is 2.85. The van der Waals surface area contributed by atoms with Crippen molar-refractivity contribution >= 4 is 35.3 Å². The van der Waals surface area contributed by atoms with Crippen LogP contribution in [0.2, 0.25) is 5.02 Å². The number of benzene rings is 2. The van der Waals surface area contributed by atoms with Crippen molar-refractivity contribution < 1.29 is 23.9 Å². The number of hydrogen-bond donors (Lipinski definition) is 3. The van der Waals surface area contributed by atoms with Crippen LogP contribution < -0.4 is 16.0 Å². The van der Waals surface area contributed by atoms with Gasteiger partial charge in [-0.15, -0.1) is 0 Å². The molecule has 0 aromatic heterocycles. The standard InChI is InChI=1S/C23H26ClN3O5/c1-32-23(31)19(15-16-5-3-2-4-6-16)27-21(29)12-13-25-20(28)11-14-26-22(30)17-7-9-18(24)10-8-17/h2-10,19H,11-15H2,1H3,(H,25,28)(H,26,30)(H,27,29). The Balaban J connectivity index is 1.68. The zero-order chi connectivity index (χ0) is 23.3. The van der Waals surface area contributed by atoms with Gasteiger partial charge in [0.05, 0.1) is 7.11 Å². The van der Waals surface area contributed by atoms with E-state index in [2.05, 4.69) is 16.0 Å². The Hall–Kier alpha value is -3.39. The first-order valence-electron chi connectivity index (χ1n) is 10.1. The molecule has 1 unspecified atom stereocenters. The molecule has 0 heterocycles. The topological polar surface area (TPSA) is 114 Å². The molecule has 8 nitrogen and oxygen atoms in total. The van der Waals surface area contributed by atoms with E-state index in [0.717, 1.165) is 5.56 Å². The van der Waals surface area contributed by atoms with Crippen LogP contribution in [0.1, 0.15) is 28.8 Å². The summed E-state index contributed by atoms with van der Waals surface area (Å²) in [5.74, 6) is -1.53. The Morgan fingerprint density at radius 3 is 2.16 bits per heavy atom. The molecule has 0 aliphatic heterocycles. The quantitative estimate of drug-likeness (QED) is 0.444. The van der Waals surface area contributed by atoms with Gasteiger partial charge in [-0.3, -0.25) is 14.4 Å². The number of hydrogen-bond acceptors (Lipinski definition) is 5. The van der Waals surface area contributed by atoms with Gasteiger partial charge in [-0.05, 0) is 29.8 Å². The highest BCUT2D eigenvalue weighted by Crippen LogP contribution is 2.09. The number of rotatable bonds is 11. The second-order valence-electron chi connectivity index (χ2n) is 6.95. The fraction of sp³-hybridized carbons (Fsp3) is 0.304. The largest absolute Gasteiger partial charge is 0.467 e. The van der Waals surface area contributed by atoms with E-state index >= 15 is 0 Å². The number of halogens is 1. The number of nitrogens with one attached hydrogen (secondary N) is 3. The lowest BCUT2D eigenvalue weighted by Gasteiger charge is -2.16. The number of amides is 3. The van der Waals surface area contributed by atoms with E-state index < -0.39 is 12.0 Å². The summed E-state index contributed by atoms with van der Waals surface area (Å²) < 4.78 is 4.77.